The van der Waals surface area contributed by atoms with Crippen LogP contribution in [-0.2, 0) is 0 Å². The topological polar surface area (TPSA) is 28.2 Å². The summed E-state index contributed by atoms with van der Waals surface area (Å²) >= 11 is 1.88. The summed E-state index contributed by atoms with van der Waals surface area (Å²) in [6.07, 6.45) is 7.02. The Morgan fingerprint density at radius 3 is 2.93 bits per heavy atom. The maximum Gasteiger partial charge on any atom is 0.0764 e. The van der Waals surface area contributed by atoms with Crippen LogP contribution in [0.1, 0.15) is 6.42 Å². The molecule has 3 nitrogen and oxygen atoms in total. The maximum atomic E-state index is 4.13. The van der Waals surface area contributed by atoms with Crippen molar-refractivity contribution in [2.24, 2.45) is 0 Å². The molecule has 0 unspecified atom stereocenters. The largest absolute Gasteiger partial charge is 0.382 e. The molecular formula is C11H19N3S. The molecule has 0 amide bonds. The van der Waals surface area contributed by atoms with Crippen LogP contribution in [0, 0.1) is 0 Å². The lowest BCUT2D eigenvalue weighted by molar-refractivity contribution is 0.986. The summed E-state index contributed by atoms with van der Waals surface area (Å²) in [5, 5.41) is 3.41. The monoisotopic (exact) mass is 225 g/mol. The van der Waals surface area contributed by atoms with Crippen molar-refractivity contribution in [2.75, 3.05) is 42.9 Å². The normalized spacial score (nSPS) is 10.1. The van der Waals surface area contributed by atoms with Crippen LogP contribution in [0.25, 0.3) is 0 Å². The van der Waals surface area contributed by atoms with E-state index in [0.29, 0.717) is 0 Å². The lowest BCUT2D eigenvalue weighted by Crippen LogP contribution is -2.13. The van der Waals surface area contributed by atoms with Gasteiger partial charge < -0.3 is 10.2 Å². The summed E-state index contributed by atoms with van der Waals surface area (Å²) in [4.78, 5) is 6.23. The number of pyridine rings is 1. The number of nitrogens with zero attached hydrogens (tertiary/aromatic N) is 2. The van der Waals surface area contributed by atoms with Crippen molar-refractivity contribution < 1.29 is 0 Å². The molecule has 0 fully saturated rings. The van der Waals surface area contributed by atoms with Gasteiger partial charge in [-0.05, 0) is 24.5 Å². The van der Waals surface area contributed by atoms with E-state index in [0.717, 1.165) is 12.2 Å². The average Bonchev–Trinajstić information content (AvgIpc) is 2.25. The third-order valence-electron chi connectivity index (χ3n) is 2.12. The lowest BCUT2D eigenvalue weighted by Gasteiger charge is -2.17. The molecule has 1 N–H and O–H groups in total. The number of rotatable bonds is 6. The molecule has 1 rings (SSSR count). The highest BCUT2D eigenvalue weighted by Gasteiger charge is 2.02. The fourth-order valence-electron chi connectivity index (χ4n) is 1.35. The Morgan fingerprint density at radius 2 is 2.27 bits per heavy atom. The summed E-state index contributed by atoms with van der Waals surface area (Å²) < 4.78 is 0. The molecule has 0 aromatic carbocycles. The van der Waals surface area contributed by atoms with Crippen molar-refractivity contribution in [1.82, 2.24) is 4.98 Å². The van der Waals surface area contributed by atoms with Gasteiger partial charge in [0.25, 0.3) is 0 Å². The van der Waals surface area contributed by atoms with Gasteiger partial charge in [0.15, 0.2) is 0 Å². The van der Waals surface area contributed by atoms with Crippen molar-refractivity contribution >= 4 is 23.1 Å². The molecule has 0 radical (unpaired) electrons. The minimum absolute atomic E-state index is 1.01. The molecule has 84 valence electrons. The van der Waals surface area contributed by atoms with E-state index in [9.17, 15) is 0 Å². The summed E-state index contributed by atoms with van der Waals surface area (Å²) in [6.45, 7) is 1.01. The van der Waals surface area contributed by atoms with E-state index < -0.39 is 0 Å². The van der Waals surface area contributed by atoms with Crippen LogP contribution in [0.2, 0.25) is 0 Å². The summed E-state index contributed by atoms with van der Waals surface area (Å²) in [7, 11) is 4.09. The molecule has 0 aliphatic heterocycles. The lowest BCUT2D eigenvalue weighted by atomic mass is 10.3. The SMILES string of the molecule is CSCCCNc1cnccc1N(C)C. The van der Waals surface area contributed by atoms with Crippen molar-refractivity contribution in [3.05, 3.63) is 18.5 Å². The predicted molar refractivity (Wildman–Crippen MR) is 70.1 cm³/mol. The van der Waals surface area contributed by atoms with Crippen LogP contribution in [-0.4, -0.2) is 37.6 Å². The molecule has 0 saturated heterocycles. The Kier molecular flexibility index (Phi) is 5.32. The highest BCUT2D eigenvalue weighted by atomic mass is 32.2. The van der Waals surface area contributed by atoms with Crippen LogP contribution in [0.15, 0.2) is 18.5 Å². The molecule has 1 aromatic heterocycles. The molecule has 0 saturated carbocycles. The van der Waals surface area contributed by atoms with Gasteiger partial charge in [0.1, 0.15) is 0 Å². The third kappa shape index (κ3) is 4.00. The third-order valence-corrected chi connectivity index (χ3v) is 2.82. The van der Waals surface area contributed by atoms with Crippen molar-refractivity contribution in [3.63, 3.8) is 0 Å². The zero-order chi connectivity index (χ0) is 11.1. The second-order valence-electron chi connectivity index (χ2n) is 3.56. The fourth-order valence-corrected chi connectivity index (χ4v) is 1.79. The number of thioether (sulfide) groups is 1. The first kappa shape index (κ1) is 12.2. The number of nitrogens with one attached hydrogen (secondary N) is 1. The van der Waals surface area contributed by atoms with Gasteiger partial charge in [-0.25, -0.2) is 0 Å². The first-order chi connectivity index (χ1) is 7.25. The minimum Gasteiger partial charge on any atom is -0.382 e. The summed E-state index contributed by atoms with van der Waals surface area (Å²) in [5.41, 5.74) is 2.30. The fraction of sp³-hybridized carbons (Fsp3) is 0.545. The van der Waals surface area contributed by atoms with E-state index in [2.05, 4.69) is 21.5 Å². The molecule has 0 atom stereocenters. The highest BCUT2D eigenvalue weighted by Crippen LogP contribution is 2.21. The van der Waals surface area contributed by atoms with Crippen molar-refractivity contribution in [2.45, 2.75) is 6.42 Å². The van der Waals surface area contributed by atoms with E-state index >= 15 is 0 Å². The summed E-state index contributed by atoms with van der Waals surface area (Å²) in [5.74, 6) is 1.20. The number of hydrogen-bond acceptors (Lipinski definition) is 4. The van der Waals surface area contributed by atoms with E-state index in [1.54, 1.807) is 0 Å². The van der Waals surface area contributed by atoms with Gasteiger partial charge in [-0.15, -0.1) is 0 Å². The Labute approximate surface area is 96.3 Å². The van der Waals surface area contributed by atoms with Gasteiger partial charge >= 0.3 is 0 Å². The quantitative estimate of drug-likeness (QED) is 0.752. The Morgan fingerprint density at radius 1 is 1.47 bits per heavy atom. The van der Waals surface area contributed by atoms with E-state index in [-0.39, 0.29) is 0 Å². The van der Waals surface area contributed by atoms with E-state index in [4.69, 9.17) is 0 Å². The first-order valence-electron chi connectivity index (χ1n) is 5.10. The van der Waals surface area contributed by atoms with Gasteiger partial charge in [-0.1, -0.05) is 0 Å². The molecule has 0 aliphatic rings. The second kappa shape index (κ2) is 6.56. The number of aromatic nitrogens is 1. The van der Waals surface area contributed by atoms with Crippen molar-refractivity contribution in [1.29, 1.82) is 0 Å². The molecule has 1 heterocycles. The summed E-state index contributed by atoms with van der Waals surface area (Å²) in [6, 6.07) is 2.02. The molecule has 1 aromatic rings. The van der Waals surface area contributed by atoms with Gasteiger partial charge in [-0.2, -0.15) is 11.8 Å². The second-order valence-corrected chi connectivity index (χ2v) is 4.55. The highest BCUT2D eigenvalue weighted by molar-refractivity contribution is 7.98. The molecule has 4 heteroatoms. The average molecular weight is 225 g/mol. The Hall–Kier alpha value is -0.900. The van der Waals surface area contributed by atoms with Gasteiger partial charge in [0, 0.05) is 26.8 Å². The molecule has 0 spiro atoms. The number of hydrogen-bond donors (Lipinski definition) is 1. The molecule has 15 heavy (non-hydrogen) atoms. The maximum absolute atomic E-state index is 4.13. The standard InChI is InChI=1S/C11H19N3S/c1-14(2)11-5-7-12-9-10(11)13-6-4-8-15-3/h5,7,9,13H,4,6,8H2,1-3H3. The van der Waals surface area contributed by atoms with Crippen LogP contribution in [0.3, 0.4) is 0 Å². The van der Waals surface area contributed by atoms with Gasteiger partial charge in [0.2, 0.25) is 0 Å². The smallest absolute Gasteiger partial charge is 0.0764 e. The number of anilines is 2. The van der Waals surface area contributed by atoms with Crippen LogP contribution < -0.4 is 10.2 Å². The van der Waals surface area contributed by atoms with E-state index in [1.165, 1.54) is 17.9 Å². The minimum atomic E-state index is 1.01. The zero-order valence-corrected chi connectivity index (χ0v) is 10.5. The Bertz CT molecular complexity index is 289. The van der Waals surface area contributed by atoms with Crippen LogP contribution in [0.5, 0.6) is 0 Å². The molecular weight excluding hydrogens is 206 g/mol. The molecule has 0 bridgehead atoms. The van der Waals surface area contributed by atoms with E-state index in [1.807, 2.05) is 44.3 Å². The van der Waals surface area contributed by atoms with Gasteiger partial charge in [-0.3, -0.25) is 4.98 Å². The zero-order valence-electron chi connectivity index (χ0n) is 9.66. The Balaban J connectivity index is 2.52. The van der Waals surface area contributed by atoms with Gasteiger partial charge in [0.05, 0.1) is 17.6 Å². The van der Waals surface area contributed by atoms with Crippen molar-refractivity contribution in [3.8, 4) is 0 Å². The van der Waals surface area contributed by atoms with Crippen LogP contribution >= 0.6 is 11.8 Å². The van der Waals surface area contributed by atoms with Crippen LogP contribution in [0.4, 0.5) is 11.4 Å². The first-order valence-corrected chi connectivity index (χ1v) is 6.49. The molecule has 0 aliphatic carbocycles. The predicted octanol–water partition coefficient (Wildman–Crippen LogP) is 2.31.